The molecule has 172 valence electrons. The minimum atomic E-state index is -4.54. The molecule has 4 rings (SSSR count). The molecule has 2 aliphatic rings. The average molecular weight is 470 g/mol. The molecule has 2 saturated heterocycles. The zero-order valence-corrected chi connectivity index (χ0v) is 17.9. The average Bonchev–Trinajstić information content (AvgIpc) is 3.37. The monoisotopic (exact) mass is 470 g/mol. The smallest absolute Gasteiger partial charge is 0.312 e. The number of benzene rings is 1. The summed E-state index contributed by atoms with van der Waals surface area (Å²) < 4.78 is 64.1. The number of anilines is 2. The second-order valence-electron chi connectivity index (χ2n) is 8.12. The molecule has 3 heterocycles. The lowest BCUT2D eigenvalue weighted by molar-refractivity contribution is -0.137. The van der Waals surface area contributed by atoms with Gasteiger partial charge in [-0.3, -0.25) is 9.59 Å². The molecule has 0 saturated carbocycles. The number of halogens is 3. The Labute approximate surface area is 182 Å². The van der Waals surface area contributed by atoms with Gasteiger partial charge in [-0.05, 0) is 31.5 Å². The molecule has 8 nitrogen and oxygen atoms in total. The van der Waals surface area contributed by atoms with Gasteiger partial charge in [0, 0.05) is 24.7 Å². The molecule has 32 heavy (non-hydrogen) atoms. The fourth-order valence-corrected chi connectivity index (χ4v) is 5.76. The Morgan fingerprint density at radius 3 is 2.66 bits per heavy atom. The number of aromatic nitrogens is 2. The van der Waals surface area contributed by atoms with E-state index >= 15 is 0 Å². The first-order valence-electron chi connectivity index (χ1n) is 9.98. The molecule has 2 amide bonds. The van der Waals surface area contributed by atoms with Gasteiger partial charge in [0.2, 0.25) is 11.8 Å². The number of aryl methyl sites for hydroxylation is 1. The number of amides is 2. The van der Waals surface area contributed by atoms with Crippen LogP contribution in [0.15, 0.2) is 30.3 Å². The maximum Gasteiger partial charge on any atom is 0.416 e. The summed E-state index contributed by atoms with van der Waals surface area (Å²) in [5, 5.41) is 7.02. The van der Waals surface area contributed by atoms with Gasteiger partial charge in [-0.25, -0.2) is 13.1 Å². The number of nitrogens with zero attached hydrogens (tertiary/aromatic N) is 3. The first-order valence-corrected chi connectivity index (χ1v) is 11.8. The number of hydrogen-bond acceptors (Lipinski definition) is 5. The standard InChI is InChI=1S/C20H21F3N4O4S/c1-12-7-17(27(25-12)16-5-6-32(30,31)11-16)24-19(29)13-8-18(28)26(10-13)15-4-2-3-14(9-15)20(21,22)23/h2-4,7,9,13,16H,5-6,8,10-11H2,1H3,(H,24,29). The molecule has 0 aliphatic carbocycles. The second-order valence-corrected chi connectivity index (χ2v) is 10.3. The molecular weight excluding hydrogens is 449 g/mol. The van der Waals surface area contributed by atoms with Crippen molar-refractivity contribution < 1.29 is 31.2 Å². The summed E-state index contributed by atoms with van der Waals surface area (Å²) in [4.78, 5) is 26.4. The Kier molecular flexibility index (Phi) is 5.51. The van der Waals surface area contributed by atoms with Gasteiger partial charge >= 0.3 is 6.18 Å². The Balaban J connectivity index is 1.49. The topological polar surface area (TPSA) is 101 Å². The van der Waals surface area contributed by atoms with Gasteiger partial charge < -0.3 is 10.2 Å². The lowest BCUT2D eigenvalue weighted by Crippen LogP contribution is -2.29. The summed E-state index contributed by atoms with van der Waals surface area (Å²) in [5.74, 6) is -1.38. The van der Waals surface area contributed by atoms with E-state index < -0.39 is 45.4 Å². The van der Waals surface area contributed by atoms with Gasteiger partial charge in [0.05, 0.1) is 34.7 Å². The van der Waals surface area contributed by atoms with Crippen molar-refractivity contribution in [2.24, 2.45) is 5.92 Å². The van der Waals surface area contributed by atoms with Crippen LogP contribution in [0, 0.1) is 12.8 Å². The normalized spacial score (nSPS) is 23.0. The summed E-state index contributed by atoms with van der Waals surface area (Å²) in [6.45, 7) is 1.65. The van der Waals surface area contributed by atoms with E-state index in [-0.39, 0.29) is 30.2 Å². The highest BCUT2D eigenvalue weighted by atomic mass is 32.2. The van der Waals surface area contributed by atoms with E-state index in [4.69, 9.17) is 0 Å². The predicted molar refractivity (Wildman–Crippen MR) is 110 cm³/mol. The molecule has 2 aliphatic heterocycles. The van der Waals surface area contributed by atoms with Crippen LogP contribution in [0.2, 0.25) is 0 Å². The fraction of sp³-hybridized carbons (Fsp3) is 0.450. The van der Waals surface area contributed by atoms with Gasteiger partial charge in [0.1, 0.15) is 5.82 Å². The van der Waals surface area contributed by atoms with E-state index in [1.165, 1.54) is 21.7 Å². The molecule has 2 fully saturated rings. The lowest BCUT2D eigenvalue weighted by atomic mass is 10.1. The van der Waals surface area contributed by atoms with Crippen molar-refractivity contribution in [2.45, 2.75) is 32.0 Å². The third-order valence-electron chi connectivity index (χ3n) is 5.64. The quantitative estimate of drug-likeness (QED) is 0.740. The largest absolute Gasteiger partial charge is 0.416 e. The summed E-state index contributed by atoms with van der Waals surface area (Å²) in [6.07, 6.45) is -4.30. The number of rotatable bonds is 4. The van der Waals surface area contributed by atoms with Crippen molar-refractivity contribution >= 4 is 33.2 Å². The van der Waals surface area contributed by atoms with Crippen LogP contribution < -0.4 is 10.2 Å². The van der Waals surface area contributed by atoms with Crippen molar-refractivity contribution in [3.05, 3.63) is 41.6 Å². The van der Waals surface area contributed by atoms with Crippen molar-refractivity contribution in [1.29, 1.82) is 0 Å². The third kappa shape index (κ3) is 4.50. The van der Waals surface area contributed by atoms with Gasteiger partial charge in [0.25, 0.3) is 0 Å². The highest BCUT2D eigenvalue weighted by Crippen LogP contribution is 2.34. The molecule has 0 radical (unpaired) electrons. The van der Waals surface area contributed by atoms with E-state index in [1.54, 1.807) is 13.0 Å². The summed E-state index contributed by atoms with van der Waals surface area (Å²) in [6, 6.07) is 5.64. The second kappa shape index (κ2) is 7.91. The van der Waals surface area contributed by atoms with Crippen molar-refractivity contribution in [3.63, 3.8) is 0 Å². The van der Waals surface area contributed by atoms with Gasteiger partial charge in [-0.15, -0.1) is 0 Å². The van der Waals surface area contributed by atoms with Gasteiger partial charge in [0.15, 0.2) is 9.84 Å². The van der Waals surface area contributed by atoms with Crippen LogP contribution in [0.4, 0.5) is 24.7 Å². The van der Waals surface area contributed by atoms with Crippen LogP contribution in [-0.2, 0) is 25.6 Å². The summed E-state index contributed by atoms with van der Waals surface area (Å²) >= 11 is 0. The fourth-order valence-electron chi connectivity index (χ4n) is 4.07. The molecule has 1 aromatic carbocycles. The minimum Gasteiger partial charge on any atom is -0.312 e. The van der Waals surface area contributed by atoms with E-state index in [0.717, 1.165) is 12.1 Å². The van der Waals surface area contributed by atoms with E-state index in [9.17, 15) is 31.2 Å². The van der Waals surface area contributed by atoms with Crippen molar-refractivity contribution in [1.82, 2.24) is 9.78 Å². The number of nitrogens with one attached hydrogen (secondary N) is 1. The number of sulfone groups is 1. The highest BCUT2D eigenvalue weighted by Gasteiger charge is 2.38. The molecule has 1 aromatic heterocycles. The Morgan fingerprint density at radius 2 is 2.00 bits per heavy atom. The summed E-state index contributed by atoms with van der Waals surface area (Å²) in [7, 11) is -3.16. The molecule has 0 bridgehead atoms. The Morgan fingerprint density at radius 1 is 1.25 bits per heavy atom. The molecule has 2 atom stereocenters. The van der Waals surface area contributed by atoms with E-state index in [0.29, 0.717) is 17.9 Å². The number of alkyl halides is 3. The zero-order chi connectivity index (χ0) is 23.3. The van der Waals surface area contributed by atoms with E-state index in [1.807, 2.05) is 0 Å². The number of hydrogen-bond donors (Lipinski definition) is 1. The Bertz CT molecular complexity index is 1180. The maximum atomic E-state index is 13.0. The van der Waals surface area contributed by atoms with Gasteiger partial charge in [-0.1, -0.05) is 6.07 Å². The molecular formula is C20H21F3N4O4S. The zero-order valence-electron chi connectivity index (χ0n) is 17.1. The first kappa shape index (κ1) is 22.3. The summed E-state index contributed by atoms with van der Waals surface area (Å²) in [5.41, 5.74) is -0.198. The lowest BCUT2D eigenvalue weighted by Gasteiger charge is -2.19. The van der Waals surface area contributed by atoms with Crippen LogP contribution in [0.1, 0.15) is 30.1 Å². The van der Waals surface area contributed by atoms with Crippen LogP contribution >= 0.6 is 0 Å². The molecule has 0 spiro atoms. The van der Waals surface area contributed by atoms with Crippen molar-refractivity contribution in [2.75, 3.05) is 28.3 Å². The maximum absolute atomic E-state index is 13.0. The van der Waals surface area contributed by atoms with Crippen LogP contribution in [0.5, 0.6) is 0 Å². The van der Waals surface area contributed by atoms with Crippen LogP contribution in [-0.4, -0.2) is 48.1 Å². The molecule has 12 heteroatoms. The molecule has 1 N–H and O–H groups in total. The highest BCUT2D eigenvalue weighted by molar-refractivity contribution is 7.91. The minimum absolute atomic E-state index is 0.0486. The van der Waals surface area contributed by atoms with Crippen molar-refractivity contribution in [3.8, 4) is 0 Å². The van der Waals surface area contributed by atoms with Gasteiger partial charge in [-0.2, -0.15) is 18.3 Å². The van der Waals surface area contributed by atoms with Crippen LogP contribution in [0.25, 0.3) is 0 Å². The third-order valence-corrected chi connectivity index (χ3v) is 7.39. The first-order chi connectivity index (χ1) is 14.9. The molecule has 2 unspecified atom stereocenters. The Hall–Kier alpha value is -2.89. The molecule has 2 aromatic rings. The number of carbonyl (C=O) groups excluding carboxylic acids is 2. The van der Waals surface area contributed by atoms with E-state index in [2.05, 4.69) is 10.4 Å². The number of carbonyl (C=O) groups is 2. The predicted octanol–water partition coefficient (Wildman–Crippen LogP) is 2.56. The SMILES string of the molecule is Cc1cc(NC(=O)C2CC(=O)N(c3cccc(C(F)(F)F)c3)C2)n(C2CCS(=O)(=O)C2)n1. The van der Waals surface area contributed by atoms with Crippen LogP contribution in [0.3, 0.4) is 0 Å².